The molecule has 0 unspecified atom stereocenters. The summed E-state index contributed by atoms with van der Waals surface area (Å²) in [4.78, 5) is 0. The number of rotatable bonds is 3. The van der Waals surface area contributed by atoms with Gasteiger partial charge < -0.3 is 24.8 Å². The molecule has 5 aromatic carbocycles. The number of alkyl halides is 6. The van der Waals surface area contributed by atoms with Crippen LogP contribution >= 0.6 is 0 Å². The van der Waals surface area contributed by atoms with Gasteiger partial charge in [0, 0.05) is 0 Å². The van der Waals surface area contributed by atoms with Crippen LogP contribution in [0.2, 0.25) is 0 Å². The molecule has 1 aliphatic carbocycles. The average molecular weight is 1000 g/mol. The minimum Gasteiger partial charge on any atom is -1.00 e. The summed E-state index contributed by atoms with van der Waals surface area (Å²) in [7, 11) is 0. The van der Waals surface area contributed by atoms with Crippen molar-refractivity contribution >= 4 is 3.21 Å². The molecule has 348 valence electrons. The molecular formula is C55H66Cl2F6Zr-2. The maximum Gasteiger partial charge on any atom is -1.00 e. The maximum absolute atomic E-state index is 12.7. The number of aryl methyl sites for hydroxylation is 1. The summed E-state index contributed by atoms with van der Waals surface area (Å²) in [6.07, 6.45) is -6.82. The molecule has 0 saturated carbocycles. The fraction of sp³-hybridized carbons (Fsp3) is 0.455. The van der Waals surface area contributed by atoms with E-state index in [2.05, 4.69) is 153 Å². The zero-order chi connectivity index (χ0) is 47.2. The second kappa shape index (κ2) is 20.6. The van der Waals surface area contributed by atoms with Gasteiger partial charge in [-0.2, -0.15) is 41.0 Å². The van der Waals surface area contributed by atoms with E-state index in [1.807, 2.05) is 0 Å². The SMILES string of the molecule is CC(C)(C)c1[c-]c2c(cc1C(C)(C)C)-c1cc(C(C)(C)C)c(C(C)(C)C)cc1C2.CCc1cc(C(C)(C)C)c[cH-]1.FC(F)(F)c1cccc([C](=[Zr+2])c2cccc(C(F)(F)F)c2)c1.[Cl-].[Cl-]. The fourth-order valence-corrected chi connectivity index (χ4v) is 8.44. The molecule has 0 fully saturated rings. The Bertz CT molecular complexity index is 2240. The standard InChI is InChI=1S/C29H41.C15H8F6.C11H17.2ClH.Zr/c1-26(2,3)22-14-18-13-19-15-23(27(4,5)6)25(29(10,11)12)17-21(19)20(18)16-24(22)28(7,8)9;16-14(17,18)12-5-1-3-10(8-12)7-11-4-2-6-13(9-11)15(19,20)21;1-5-9-6-7-10(8-9)11(2,3)4;;;/h14,16-17H,13H2,1-12H3;1-6,8-9H;6-8H,5H2,1-4H3;2*1H;/q-1;;-1;;;+2/p-2. The van der Waals surface area contributed by atoms with E-state index in [-0.39, 0.29) is 57.6 Å². The third kappa shape index (κ3) is 14.3. The van der Waals surface area contributed by atoms with E-state index in [1.54, 1.807) is 0 Å². The van der Waals surface area contributed by atoms with Crippen LogP contribution in [0.25, 0.3) is 11.1 Å². The zero-order valence-electron chi connectivity index (χ0n) is 40.5. The molecule has 0 amide bonds. The molecule has 0 nitrogen and oxygen atoms in total. The predicted octanol–water partition coefficient (Wildman–Crippen LogP) is 10.4. The van der Waals surface area contributed by atoms with Crippen LogP contribution in [0, 0.1) is 6.07 Å². The second-order valence-corrected chi connectivity index (χ2v) is 23.1. The van der Waals surface area contributed by atoms with Crippen LogP contribution in [0.1, 0.15) is 178 Å². The van der Waals surface area contributed by atoms with Crippen molar-refractivity contribution in [1.29, 1.82) is 0 Å². The summed E-state index contributed by atoms with van der Waals surface area (Å²) >= 11 is 0.729. The summed E-state index contributed by atoms with van der Waals surface area (Å²) in [5, 5.41) is 0. The normalized spacial score (nSPS) is 13.0. The van der Waals surface area contributed by atoms with E-state index >= 15 is 0 Å². The Morgan fingerprint density at radius 2 is 0.984 bits per heavy atom. The molecule has 0 N–H and O–H groups in total. The minimum absolute atomic E-state index is 0. The Balaban J connectivity index is 0.000000356. The molecule has 0 atom stereocenters. The van der Waals surface area contributed by atoms with Crippen molar-refractivity contribution in [2.24, 2.45) is 0 Å². The van der Waals surface area contributed by atoms with Crippen molar-refractivity contribution in [2.75, 3.05) is 0 Å². The first-order chi connectivity index (χ1) is 28.0. The largest absolute Gasteiger partial charge is 1.00 e. The molecule has 0 saturated heterocycles. The Kier molecular flexibility index (Phi) is 18.4. The Morgan fingerprint density at radius 1 is 0.547 bits per heavy atom. The topological polar surface area (TPSA) is 0 Å². The summed E-state index contributed by atoms with van der Waals surface area (Å²) in [6.45, 7) is 36.9. The van der Waals surface area contributed by atoms with Crippen LogP contribution < -0.4 is 24.8 Å². The van der Waals surface area contributed by atoms with E-state index in [0.717, 1.165) is 61.3 Å². The third-order valence-electron chi connectivity index (χ3n) is 11.3. The van der Waals surface area contributed by atoms with E-state index in [0.29, 0.717) is 8.62 Å². The molecule has 1 aliphatic rings. The van der Waals surface area contributed by atoms with Crippen molar-refractivity contribution < 1.29 is 75.4 Å². The quantitative estimate of drug-likeness (QED) is 0.122. The van der Waals surface area contributed by atoms with Gasteiger partial charge in [0.2, 0.25) is 0 Å². The van der Waals surface area contributed by atoms with Crippen molar-refractivity contribution in [3.63, 3.8) is 0 Å². The van der Waals surface area contributed by atoms with Gasteiger partial charge in [-0.1, -0.05) is 146 Å². The predicted molar refractivity (Wildman–Crippen MR) is 245 cm³/mol. The van der Waals surface area contributed by atoms with Gasteiger partial charge >= 0.3 is 137 Å². The Morgan fingerprint density at radius 3 is 1.34 bits per heavy atom. The second-order valence-electron chi connectivity index (χ2n) is 21.8. The van der Waals surface area contributed by atoms with Gasteiger partial charge in [0.25, 0.3) is 0 Å². The van der Waals surface area contributed by atoms with Crippen molar-refractivity contribution in [3.8, 4) is 11.1 Å². The van der Waals surface area contributed by atoms with Crippen LogP contribution in [0.4, 0.5) is 26.3 Å². The number of benzene rings is 4. The molecular weight excluding hydrogens is 937 g/mol. The van der Waals surface area contributed by atoms with Crippen LogP contribution in [-0.4, -0.2) is 3.21 Å². The molecule has 5 aromatic rings. The Labute approximate surface area is 408 Å². The van der Waals surface area contributed by atoms with Gasteiger partial charge in [-0.3, -0.25) is 0 Å². The maximum atomic E-state index is 12.7. The first kappa shape index (κ1) is 57.3. The summed E-state index contributed by atoms with van der Waals surface area (Å²) in [5.41, 5.74) is 14.1. The third-order valence-corrected chi connectivity index (χ3v) is 12.7. The zero-order valence-corrected chi connectivity index (χ0v) is 44.5. The van der Waals surface area contributed by atoms with Crippen LogP contribution in [0.3, 0.4) is 0 Å². The number of hydrogen-bond donors (Lipinski definition) is 0. The molecule has 0 aliphatic heterocycles. The summed E-state index contributed by atoms with van der Waals surface area (Å²) < 4.78 is 76.7. The van der Waals surface area contributed by atoms with Gasteiger partial charge in [-0.25, -0.2) is 6.07 Å². The smallest absolute Gasteiger partial charge is 1.00 e. The number of halogens is 8. The van der Waals surface area contributed by atoms with Gasteiger partial charge in [-0.05, 0) is 39.4 Å². The van der Waals surface area contributed by atoms with E-state index in [1.165, 1.54) is 79.9 Å². The van der Waals surface area contributed by atoms with Gasteiger partial charge in [0.15, 0.2) is 0 Å². The number of hydrogen-bond acceptors (Lipinski definition) is 0. The summed E-state index contributed by atoms with van der Waals surface area (Å²) in [5.74, 6) is 0. The average Bonchev–Trinajstić information content (AvgIpc) is 3.77. The number of fused-ring (bicyclic) bond motifs is 3. The molecule has 64 heavy (non-hydrogen) atoms. The molecule has 0 spiro atoms. The first-order valence-electron chi connectivity index (χ1n) is 21.5. The van der Waals surface area contributed by atoms with Crippen LogP contribution in [0.5, 0.6) is 0 Å². The molecule has 6 rings (SSSR count). The molecule has 0 aromatic heterocycles. The summed E-state index contributed by atoms with van der Waals surface area (Å²) in [6, 6.07) is 27.3. The van der Waals surface area contributed by atoms with Crippen molar-refractivity contribution in [2.45, 2.75) is 163 Å². The van der Waals surface area contributed by atoms with Gasteiger partial charge in [-0.15, -0.1) is 16.7 Å². The molecule has 0 radical (unpaired) electrons. The van der Waals surface area contributed by atoms with Crippen molar-refractivity contribution in [3.05, 3.63) is 158 Å². The molecule has 0 bridgehead atoms. The molecule has 9 heteroatoms. The Hall–Kier alpha value is -2.86. The van der Waals surface area contributed by atoms with E-state index < -0.39 is 23.5 Å². The van der Waals surface area contributed by atoms with Gasteiger partial charge in [0.1, 0.15) is 0 Å². The molecule has 0 heterocycles. The minimum atomic E-state index is -4.49. The fourth-order valence-electron chi connectivity index (χ4n) is 7.67. The van der Waals surface area contributed by atoms with E-state index in [4.69, 9.17) is 0 Å². The monoisotopic (exact) mass is 1000 g/mol. The van der Waals surface area contributed by atoms with Crippen LogP contribution in [-0.2, 0) is 76.5 Å². The first-order valence-corrected chi connectivity index (χ1v) is 22.7. The van der Waals surface area contributed by atoms with Gasteiger partial charge in [0.05, 0.1) is 0 Å². The van der Waals surface area contributed by atoms with Crippen molar-refractivity contribution in [1.82, 2.24) is 0 Å². The van der Waals surface area contributed by atoms with E-state index in [9.17, 15) is 26.3 Å². The van der Waals surface area contributed by atoms with Crippen LogP contribution in [0.15, 0.2) is 84.9 Å².